The number of esters is 1. The summed E-state index contributed by atoms with van der Waals surface area (Å²) in [4.78, 5) is 35.8. The predicted molar refractivity (Wildman–Crippen MR) is 99.1 cm³/mol. The van der Waals surface area contributed by atoms with E-state index in [1.807, 2.05) is 0 Å². The van der Waals surface area contributed by atoms with E-state index in [2.05, 4.69) is 10.6 Å². The van der Waals surface area contributed by atoms with E-state index < -0.39 is 23.0 Å². The Balaban J connectivity index is 2.79. The number of urea groups is 1. The molecule has 0 spiro atoms. The van der Waals surface area contributed by atoms with Crippen LogP contribution in [-0.4, -0.2) is 37.8 Å². The molecule has 1 unspecified atom stereocenters. The van der Waals surface area contributed by atoms with Gasteiger partial charge in [0, 0.05) is 5.70 Å². The molecule has 1 atom stereocenters. The largest absolute Gasteiger partial charge is 0.493 e. The van der Waals surface area contributed by atoms with Crippen LogP contribution in [0.2, 0.25) is 0 Å². The van der Waals surface area contributed by atoms with E-state index in [0.717, 1.165) is 0 Å². The lowest BCUT2D eigenvalue weighted by atomic mass is 9.90. The number of hydrogen-bond donors (Lipinski definition) is 2. The van der Waals surface area contributed by atoms with Crippen molar-refractivity contribution in [3.05, 3.63) is 39.1 Å². The second-order valence-electron chi connectivity index (χ2n) is 6.26. The lowest BCUT2D eigenvalue weighted by molar-refractivity contribution is -0.385. The molecule has 2 rings (SSSR count). The van der Waals surface area contributed by atoms with E-state index in [1.165, 1.54) is 26.4 Å². The molecule has 1 heterocycles. The van der Waals surface area contributed by atoms with Crippen molar-refractivity contribution in [1.82, 2.24) is 10.6 Å². The molecule has 1 aliphatic heterocycles. The first-order valence-corrected chi connectivity index (χ1v) is 8.64. The molecule has 10 heteroatoms. The molecular weight excluding hydrogens is 370 g/mol. The standard InChI is InChI=1S/C18H23N3O7/c1-6-28-13-7-10(11(21(24)25)8-12(13)26-4)16-14(17(22)27-5)15(9(2)3)19-18(23)20-16/h7-9,16H,6H2,1-5H3,(H2,19,20,23). The third kappa shape index (κ3) is 4.00. The van der Waals surface area contributed by atoms with Gasteiger partial charge in [-0.25, -0.2) is 9.59 Å². The molecule has 0 saturated carbocycles. The first-order valence-electron chi connectivity index (χ1n) is 8.64. The number of methoxy groups -OCH3 is 2. The van der Waals surface area contributed by atoms with Gasteiger partial charge in [-0.05, 0) is 18.9 Å². The number of hydrogen-bond acceptors (Lipinski definition) is 7. The van der Waals surface area contributed by atoms with Crippen LogP contribution >= 0.6 is 0 Å². The average molecular weight is 393 g/mol. The summed E-state index contributed by atoms with van der Waals surface area (Å²) < 4.78 is 15.5. The molecule has 0 aliphatic carbocycles. The molecule has 0 bridgehead atoms. The third-order valence-corrected chi connectivity index (χ3v) is 4.21. The van der Waals surface area contributed by atoms with Crippen LogP contribution in [0.5, 0.6) is 11.5 Å². The van der Waals surface area contributed by atoms with Gasteiger partial charge in [-0.3, -0.25) is 10.1 Å². The Kier molecular flexibility index (Phi) is 6.45. The fraction of sp³-hybridized carbons (Fsp3) is 0.444. The van der Waals surface area contributed by atoms with E-state index in [9.17, 15) is 19.7 Å². The number of ether oxygens (including phenoxy) is 3. The van der Waals surface area contributed by atoms with Crippen LogP contribution in [0.15, 0.2) is 23.4 Å². The second kappa shape index (κ2) is 8.59. The molecule has 1 aliphatic rings. The van der Waals surface area contributed by atoms with E-state index in [-0.39, 0.29) is 34.2 Å². The van der Waals surface area contributed by atoms with Gasteiger partial charge in [-0.1, -0.05) is 13.8 Å². The van der Waals surface area contributed by atoms with E-state index in [0.29, 0.717) is 12.3 Å². The van der Waals surface area contributed by atoms with Crippen LogP contribution < -0.4 is 20.1 Å². The minimum absolute atomic E-state index is 0.0858. The highest BCUT2D eigenvalue weighted by Crippen LogP contribution is 2.41. The van der Waals surface area contributed by atoms with Crippen molar-refractivity contribution in [3.8, 4) is 11.5 Å². The molecule has 2 N–H and O–H groups in total. The number of amides is 2. The first-order chi connectivity index (χ1) is 13.2. The van der Waals surface area contributed by atoms with Crippen molar-refractivity contribution in [2.75, 3.05) is 20.8 Å². The van der Waals surface area contributed by atoms with Crippen LogP contribution in [0.25, 0.3) is 0 Å². The van der Waals surface area contributed by atoms with Gasteiger partial charge in [0.1, 0.15) is 0 Å². The fourth-order valence-corrected chi connectivity index (χ4v) is 2.99. The SMILES string of the molecule is CCOc1cc(C2NC(=O)NC(C(C)C)=C2C(=O)OC)c([N+](=O)[O-])cc1OC. The molecule has 28 heavy (non-hydrogen) atoms. The zero-order chi connectivity index (χ0) is 21.0. The smallest absolute Gasteiger partial charge is 0.337 e. The molecule has 0 fully saturated rings. The molecule has 2 amide bonds. The average Bonchev–Trinajstić information content (AvgIpc) is 2.66. The molecule has 0 aromatic heterocycles. The van der Waals surface area contributed by atoms with Gasteiger partial charge < -0.3 is 24.8 Å². The number of benzene rings is 1. The summed E-state index contributed by atoms with van der Waals surface area (Å²) in [5, 5.41) is 16.9. The number of nitro benzene ring substituents is 1. The minimum Gasteiger partial charge on any atom is -0.493 e. The fourth-order valence-electron chi connectivity index (χ4n) is 2.99. The molecule has 1 aromatic carbocycles. The molecule has 1 aromatic rings. The zero-order valence-electron chi connectivity index (χ0n) is 16.3. The van der Waals surface area contributed by atoms with Crippen molar-refractivity contribution in [2.45, 2.75) is 26.8 Å². The maximum absolute atomic E-state index is 12.5. The van der Waals surface area contributed by atoms with Crippen molar-refractivity contribution < 1.29 is 28.7 Å². The number of nitrogens with zero attached hydrogens (tertiary/aromatic N) is 1. The molecule has 10 nitrogen and oxygen atoms in total. The second-order valence-corrected chi connectivity index (χ2v) is 6.26. The highest BCUT2D eigenvalue weighted by molar-refractivity contribution is 5.95. The lowest BCUT2D eigenvalue weighted by Gasteiger charge is -2.30. The number of carbonyl (C=O) groups excluding carboxylic acids is 2. The molecule has 152 valence electrons. The Morgan fingerprint density at radius 2 is 1.96 bits per heavy atom. The van der Waals surface area contributed by atoms with Gasteiger partial charge in [0.25, 0.3) is 5.69 Å². The summed E-state index contributed by atoms with van der Waals surface area (Å²) in [5.41, 5.74) is 0.191. The summed E-state index contributed by atoms with van der Waals surface area (Å²) in [5.74, 6) is -0.505. The van der Waals surface area contributed by atoms with Crippen molar-refractivity contribution >= 4 is 17.7 Å². The number of nitro groups is 1. The highest BCUT2D eigenvalue weighted by atomic mass is 16.6. The van der Waals surface area contributed by atoms with Crippen molar-refractivity contribution in [1.29, 1.82) is 0 Å². The quantitative estimate of drug-likeness (QED) is 0.413. The summed E-state index contributed by atoms with van der Waals surface area (Å²) in [6.45, 7) is 5.62. The van der Waals surface area contributed by atoms with E-state index in [1.54, 1.807) is 20.8 Å². The van der Waals surface area contributed by atoms with Gasteiger partial charge in [0.05, 0.1) is 49.0 Å². The summed E-state index contributed by atoms with van der Waals surface area (Å²) in [6, 6.07) is 0.935. The normalized spacial score (nSPS) is 16.4. The number of carbonyl (C=O) groups is 2. The summed E-state index contributed by atoms with van der Waals surface area (Å²) in [7, 11) is 2.57. The van der Waals surface area contributed by atoms with Gasteiger partial charge in [-0.2, -0.15) is 0 Å². The Morgan fingerprint density at radius 1 is 1.29 bits per heavy atom. The number of nitrogens with one attached hydrogen (secondary N) is 2. The van der Waals surface area contributed by atoms with E-state index in [4.69, 9.17) is 14.2 Å². The zero-order valence-corrected chi connectivity index (χ0v) is 16.3. The van der Waals surface area contributed by atoms with Gasteiger partial charge in [0.15, 0.2) is 11.5 Å². The number of rotatable bonds is 7. The third-order valence-electron chi connectivity index (χ3n) is 4.21. The Labute approximate surface area is 162 Å². The Bertz CT molecular complexity index is 833. The van der Waals surface area contributed by atoms with Gasteiger partial charge in [-0.15, -0.1) is 0 Å². The van der Waals surface area contributed by atoms with Gasteiger partial charge in [0.2, 0.25) is 0 Å². The van der Waals surface area contributed by atoms with Gasteiger partial charge >= 0.3 is 12.0 Å². The topological polar surface area (TPSA) is 129 Å². The Morgan fingerprint density at radius 3 is 2.46 bits per heavy atom. The first kappa shape index (κ1) is 21.0. The summed E-state index contributed by atoms with van der Waals surface area (Å²) in [6.07, 6.45) is 0. The monoisotopic (exact) mass is 393 g/mol. The van der Waals surface area contributed by atoms with Crippen LogP contribution in [-0.2, 0) is 9.53 Å². The van der Waals surface area contributed by atoms with Crippen LogP contribution in [0.4, 0.5) is 10.5 Å². The maximum Gasteiger partial charge on any atom is 0.337 e. The predicted octanol–water partition coefficient (Wildman–Crippen LogP) is 2.44. The van der Waals surface area contributed by atoms with Crippen LogP contribution in [0.3, 0.4) is 0 Å². The summed E-state index contributed by atoms with van der Waals surface area (Å²) >= 11 is 0. The van der Waals surface area contributed by atoms with Crippen LogP contribution in [0.1, 0.15) is 32.4 Å². The highest BCUT2D eigenvalue weighted by Gasteiger charge is 2.38. The van der Waals surface area contributed by atoms with Crippen molar-refractivity contribution in [3.63, 3.8) is 0 Å². The van der Waals surface area contributed by atoms with E-state index >= 15 is 0 Å². The molecular formula is C18H23N3O7. The lowest BCUT2D eigenvalue weighted by Crippen LogP contribution is -2.47. The number of allylic oxidation sites excluding steroid dienone is 1. The Hall–Kier alpha value is -3.30. The maximum atomic E-state index is 12.5. The van der Waals surface area contributed by atoms with Crippen LogP contribution in [0, 0.1) is 16.0 Å². The van der Waals surface area contributed by atoms with Crippen molar-refractivity contribution in [2.24, 2.45) is 5.92 Å². The molecule has 0 saturated heterocycles. The molecule has 0 radical (unpaired) electrons. The minimum atomic E-state index is -1.09.